The number of H-pyrrole nitrogens is 1. The van der Waals surface area contributed by atoms with Crippen LogP contribution in [0.5, 0.6) is 0 Å². The van der Waals surface area contributed by atoms with Gasteiger partial charge in [0.1, 0.15) is 5.65 Å². The number of hydrogen-bond acceptors (Lipinski definition) is 7. The van der Waals surface area contributed by atoms with E-state index in [-0.39, 0.29) is 30.9 Å². The van der Waals surface area contributed by atoms with Crippen LogP contribution in [0.25, 0.3) is 22.3 Å². The first kappa shape index (κ1) is 20.6. The van der Waals surface area contributed by atoms with Crippen LogP contribution >= 0.6 is 0 Å². The van der Waals surface area contributed by atoms with Crippen LogP contribution in [-0.4, -0.2) is 69.4 Å². The maximum Gasteiger partial charge on any atom is 0.242 e. The van der Waals surface area contributed by atoms with E-state index in [1.54, 1.807) is 23.4 Å². The van der Waals surface area contributed by atoms with Crippen molar-refractivity contribution < 1.29 is 9.59 Å². The maximum atomic E-state index is 12.8. The van der Waals surface area contributed by atoms with Crippen LogP contribution in [0.4, 0.5) is 11.6 Å². The van der Waals surface area contributed by atoms with Gasteiger partial charge in [-0.1, -0.05) is 13.8 Å². The molecule has 2 amide bonds. The van der Waals surface area contributed by atoms with E-state index >= 15 is 0 Å². The third-order valence-corrected chi connectivity index (χ3v) is 5.20. The summed E-state index contributed by atoms with van der Waals surface area (Å²) in [7, 11) is 0. The number of rotatable bonds is 6. The topological polar surface area (TPSA) is 133 Å². The van der Waals surface area contributed by atoms with E-state index in [9.17, 15) is 9.59 Å². The number of piperazine rings is 1. The van der Waals surface area contributed by atoms with Gasteiger partial charge in [-0.15, -0.1) is 0 Å². The van der Waals surface area contributed by atoms with Crippen LogP contribution in [0.2, 0.25) is 0 Å². The summed E-state index contributed by atoms with van der Waals surface area (Å²) >= 11 is 0. The standard InChI is InChI=1S/C21H26N8O2/c1-13(2)9-25-17(30)11-29-8-7-28(12-18(29)31)16-4-6-23-20-19(16)14(10-26-20)15-3-5-24-21(22)27-15/h3-6,10,13H,7-9,11-12H2,1-2H3,(H,23,26)(H,25,30)(H2,22,24,27). The number of amides is 2. The van der Waals surface area contributed by atoms with Gasteiger partial charge in [0.2, 0.25) is 17.8 Å². The first-order valence-corrected chi connectivity index (χ1v) is 10.3. The van der Waals surface area contributed by atoms with Crippen molar-refractivity contribution in [1.29, 1.82) is 0 Å². The Morgan fingerprint density at radius 1 is 1.26 bits per heavy atom. The van der Waals surface area contributed by atoms with E-state index in [4.69, 9.17) is 5.73 Å². The number of pyridine rings is 1. The molecule has 3 aromatic heterocycles. The van der Waals surface area contributed by atoms with Gasteiger partial charge in [-0.05, 0) is 18.1 Å². The van der Waals surface area contributed by atoms with Crippen molar-refractivity contribution in [3.63, 3.8) is 0 Å². The van der Waals surface area contributed by atoms with Crippen molar-refractivity contribution in [3.8, 4) is 11.3 Å². The van der Waals surface area contributed by atoms with Gasteiger partial charge in [0.15, 0.2) is 0 Å². The molecule has 1 aliphatic rings. The molecule has 1 aliphatic heterocycles. The summed E-state index contributed by atoms with van der Waals surface area (Å²) in [4.78, 5) is 44.4. The molecule has 0 saturated carbocycles. The third-order valence-electron chi connectivity index (χ3n) is 5.20. The monoisotopic (exact) mass is 422 g/mol. The average molecular weight is 422 g/mol. The second kappa shape index (κ2) is 8.58. The van der Waals surface area contributed by atoms with Gasteiger partial charge in [0.05, 0.1) is 29.9 Å². The van der Waals surface area contributed by atoms with Gasteiger partial charge in [0, 0.05) is 43.8 Å². The van der Waals surface area contributed by atoms with Crippen molar-refractivity contribution in [2.24, 2.45) is 5.92 Å². The molecule has 0 spiro atoms. The van der Waals surface area contributed by atoms with Gasteiger partial charge < -0.3 is 25.8 Å². The minimum atomic E-state index is -0.129. The number of nitrogens with two attached hydrogens (primary N) is 1. The average Bonchev–Trinajstić information content (AvgIpc) is 3.18. The van der Waals surface area contributed by atoms with Crippen molar-refractivity contribution in [1.82, 2.24) is 30.2 Å². The molecule has 162 valence electrons. The Bertz CT molecular complexity index is 1110. The fourth-order valence-electron chi connectivity index (χ4n) is 3.66. The Kier molecular flexibility index (Phi) is 5.70. The first-order chi connectivity index (χ1) is 14.9. The van der Waals surface area contributed by atoms with Crippen LogP contribution in [0.15, 0.2) is 30.7 Å². The van der Waals surface area contributed by atoms with Crippen molar-refractivity contribution in [3.05, 3.63) is 30.7 Å². The minimum Gasteiger partial charge on any atom is -0.368 e. The van der Waals surface area contributed by atoms with E-state index in [0.717, 1.165) is 16.6 Å². The number of nitrogens with one attached hydrogen (secondary N) is 2. The Hall–Kier alpha value is -3.69. The molecule has 1 fully saturated rings. The molecule has 0 radical (unpaired) electrons. The Morgan fingerprint density at radius 3 is 2.81 bits per heavy atom. The molecule has 0 bridgehead atoms. The highest BCUT2D eigenvalue weighted by Crippen LogP contribution is 2.34. The van der Waals surface area contributed by atoms with E-state index in [1.807, 2.05) is 31.0 Å². The Labute approximate surface area is 179 Å². The molecule has 0 unspecified atom stereocenters. The minimum absolute atomic E-state index is 0.0840. The summed E-state index contributed by atoms with van der Waals surface area (Å²) in [6, 6.07) is 3.68. The second-order valence-electron chi connectivity index (χ2n) is 7.99. The fraction of sp³-hybridized carbons (Fsp3) is 0.381. The number of anilines is 2. The molecule has 3 aromatic rings. The molecular weight excluding hydrogens is 396 g/mol. The zero-order chi connectivity index (χ0) is 22.0. The molecular formula is C21H26N8O2. The normalized spacial score (nSPS) is 14.5. The van der Waals surface area contributed by atoms with E-state index < -0.39 is 0 Å². The van der Waals surface area contributed by atoms with E-state index in [2.05, 4.69) is 25.3 Å². The predicted molar refractivity (Wildman–Crippen MR) is 118 cm³/mol. The van der Waals surface area contributed by atoms with Crippen molar-refractivity contribution >= 4 is 34.5 Å². The number of nitrogens with zero attached hydrogens (tertiary/aromatic N) is 5. The molecule has 31 heavy (non-hydrogen) atoms. The van der Waals surface area contributed by atoms with E-state index in [0.29, 0.717) is 36.9 Å². The molecule has 4 heterocycles. The molecule has 4 N–H and O–H groups in total. The molecule has 0 aliphatic carbocycles. The SMILES string of the molecule is CC(C)CNC(=O)CN1CCN(c2ccnc3[nH]cc(-c4ccnc(N)n4)c23)CC1=O. The van der Waals surface area contributed by atoms with Crippen molar-refractivity contribution in [2.45, 2.75) is 13.8 Å². The maximum absolute atomic E-state index is 12.8. The molecule has 10 heteroatoms. The zero-order valence-electron chi connectivity index (χ0n) is 17.6. The van der Waals surface area contributed by atoms with Gasteiger partial charge in [0.25, 0.3) is 0 Å². The lowest BCUT2D eigenvalue weighted by Gasteiger charge is -2.35. The Morgan fingerprint density at radius 2 is 2.06 bits per heavy atom. The van der Waals surface area contributed by atoms with E-state index in [1.165, 1.54) is 0 Å². The lowest BCUT2D eigenvalue weighted by atomic mass is 10.1. The third kappa shape index (κ3) is 4.42. The first-order valence-electron chi connectivity index (χ1n) is 10.3. The number of aromatic nitrogens is 4. The highest BCUT2D eigenvalue weighted by Gasteiger charge is 2.27. The summed E-state index contributed by atoms with van der Waals surface area (Å²) in [6.07, 6.45) is 5.15. The Balaban J connectivity index is 1.55. The summed E-state index contributed by atoms with van der Waals surface area (Å²) in [5.41, 5.74) is 8.87. The number of carbonyl (C=O) groups excluding carboxylic acids is 2. The zero-order valence-corrected chi connectivity index (χ0v) is 17.6. The molecule has 4 rings (SSSR count). The summed E-state index contributed by atoms with van der Waals surface area (Å²) in [5, 5.41) is 3.73. The fourth-order valence-corrected chi connectivity index (χ4v) is 3.66. The lowest BCUT2D eigenvalue weighted by Crippen LogP contribution is -2.53. The highest BCUT2D eigenvalue weighted by atomic mass is 16.2. The smallest absolute Gasteiger partial charge is 0.242 e. The largest absolute Gasteiger partial charge is 0.368 e. The number of nitrogen functional groups attached to an aromatic ring is 1. The van der Waals surface area contributed by atoms with Gasteiger partial charge in [-0.3, -0.25) is 9.59 Å². The van der Waals surface area contributed by atoms with Crippen LogP contribution in [-0.2, 0) is 9.59 Å². The van der Waals surface area contributed by atoms with Crippen molar-refractivity contribution in [2.75, 3.05) is 43.4 Å². The lowest BCUT2D eigenvalue weighted by molar-refractivity contribution is -0.136. The number of fused-ring (bicyclic) bond motifs is 1. The second-order valence-corrected chi connectivity index (χ2v) is 7.99. The number of aromatic amines is 1. The van der Waals surface area contributed by atoms with Crippen LogP contribution in [0, 0.1) is 5.92 Å². The molecule has 0 aromatic carbocycles. The van der Waals surface area contributed by atoms with Gasteiger partial charge in [-0.25, -0.2) is 15.0 Å². The molecule has 0 atom stereocenters. The highest BCUT2D eigenvalue weighted by molar-refractivity contribution is 6.03. The number of carbonyl (C=O) groups is 2. The van der Waals surface area contributed by atoms with Crippen LogP contribution < -0.4 is 16.0 Å². The number of hydrogen-bond donors (Lipinski definition) is 3. The molecule has 10 nitrogen and oxygen atoms in total. The molecule has 1 saturated heterocycles. The summed E-state index contributed by atoms with van der Waals surface area (Å²) < 4.78 is 0. The van der Waals surface area contributed by atoms with Gasteiger partial charge >= 0.3 is 0 Å². The predicted octanol–water partition coefficient (Wildman–Crippen LogP) is 1.02. The van der Waals surface area contributed by atoms with Crippen LogP contribution in [0.1, 0.15) is 13.8 Å². The van der Waals surface area contributed by atoms with Gasteiger partial charge in [-0.2, -0.15) is 0 Å². The van der Waals surface area contributed by atoms with Crippen LogP contribution in [0.3, 0.4) is 0 Å². The summed E-state index contributed by atoms with van der Waals surface area (Å²) in [6.45, 7) is 6.02. The quantitative estimate of drug-likeness (QED) is 0.540. The summed E-state index contributed by atoms with van der Waals surface area (Å²) in [5.74, 6) is 0.346.